The molecule has 0 amide bonds. The molecule has 1 heterocycles. The Labute approximate surface area is 132 Å². The molecule has 1 fully saturated rings. The maximum atomic E-state index is 3.72. The molecular formula is C19H25NS. The van der Waals surface area contributed by atoms with Crippen LogP contribution < -0.4 is 5.32 Å². The average molecular weight is 299 g/mol. The summed E-state index contributed by atoms with van der Waals surface area (Å²) in [5.41, 5.74) is 3.05. The highest BCUT2D eigenvalue weighted by molar-refractivity contribution is 7.07. The lowest BCUT2D eigenvalue weighted by Crippen LogP contribution is -2.41. The first-order chi connectivity index (χ1) is 10.4. The summed E-state index contributed by atoms with van der Waals surface area (Å²) in [4.78, 5) is 0. The Bertz CT molecular complexity index is 520. The minimum atomic E-state index is 0.690. The molecule has 3 atom stereocenters. The van der Waals surface area contributed by atoms with Crippen LogP contribution in [0, 0.1) is 5.92 Å². The first-order valence-electron chi connectivity index (χ1n) is 8.16. The van der Waals surface area contributed by atoms with E-state index in [9.17, 15) is 0 Å². The topological polar surface area (TPSA) is 12.0 Å². The standard InChI is InChI=1S/C19H25NS/c1-2-20-19-9-8-17(16-6-4-3-5-7-16)13-18(19)12-15-10-11-21-14-15/h3-7,10-11,14,17-20H,2,8-9,12-13H2,1H3. The van der Waals surface area contributed by atoms with Crippen molar-refractivity contribution in [2.75, 3.05) is 6.54 Å². The number of nitrogens with one attached hydrogen (secondary N) is 1. The maximum absolute atomic E-state index is 3.72. The summed E-state index contributed by atoms with van der Waals surface area (Å²) in [5.74, 6) is 1.50. The largest absolute Gasteiger partial charge is 0.314 e. The third-order valence-electron chi connectivity index (χ3n) is 4.80. The lowest BCUT2D eigenvalue weighted by molar-refractivity contribution is 0.241. The quantitative estimate of drug-likeness (QED) is 0.832. The van der Waals surface area contributed by atoms with Gasteiger partial charge in [-0.3, -0.25) is 0 Å². The molecule has 1 N–H and O–H groups in total. The first-order valence-corrected chi connectivity index (χ1v) is 9.10. The molecule has 3 rings (SSSR count). The minimum Gasteiger partial charge on any atom is -0.314 e. The fourth-order valence-electron chi connectivity index (χ4n) is 3.76. The van der Waals surface area contributed by atoms with Crippen molar-refractivity contribution in [3.8, 4) is 0 Å². The molecule has 2 heteroatoms. The SMILES string of the molecule is CCNC1CCC(c2ccccc2)CC1Cc1ccsc1. The number of hydrogen-bond donors (Lipinski definition) is 1. The molecule has 21 heavy (non-hydrogen) atoms. The molecule has 3 unspecified atom stereocenters. The van der Waals surface area contributed by atoms with Crippen LogP contribution in [0.1, 0.15) is 43.2 Å². The van der Waals surface area contributed by atoms with Gasteiger partial charge in [0.05, 0.1) is 0 Å². The molecule has 1 aliphatic carbocycles. The van der Waals surface area contributed by atoms with Crippen molar-refractivity contribution < 1.29 is 0 Å². The Kier molecular flexibility index (Phi) is 5.10. The highest BCUT2D eigenvalue weighted by Gasteiger charge is 2.30. The average Bonchev–Trinajstić information content (AvgIpc) is 3.03. The number of thiophene rings is 1. The van der Waals surface area contributed by atoms with Gasteiger partial charge in [0.25, 0.3) is 0 Å². The highest BCUT2D eigenvalue weighted by Crippen LogP contribution is 2.38. The van der Waals surface area contributed by atoms with Gasteiger partial charge in [-0.2, -0.15) is 11.3 Å². The summed E-state index contributed by atoms with van der Waals surface area (Å²) in [6.45, 7) is 3.31. The van der Waals surface area contributed by atoms with Gasteiger partial charge in [-0.25, -0.2) is 0 Å². The summed E-state index contributed by atoms with van der Waals surface area (Å²) >= 11 is 1.82. The van der Waals surface area contributed by atoms with E-state index >= 15 is 0 Å². The Balaban J connectivity index is 1.72. The van der Waals surface area contributed by atoms with Gasteiger partial charge in [0.15, 0.2) is 0 Å². The van der Waals surface area contributed by atoms with Gasteiger partial charge < -0.3 is 5.32 Å². The normalized spacial score (nSPS) is 25.9. The van der Waals surface area contributed by atoms with E-state index in [4.69, 9.17) is 0 Å². The van der Waals surface area contributed by atoms with Crippen molar-refractivity contribution in [2.45, 2.75) is 44.6 Å². The van der Waals surface area contributed by atoms with Crippen LogP contribution in [0.4, 0.5) is 0 Å². The van der Waals surface area contributed by atoms with Gasteiger partial charge in [0.1, 0.15) is 0 Å². The van der Waals surface area contributed by atoms with Gasteiger partial charge >= 0.3 is 0 Å². The molecule has 0 saturated heterocycles. The van der Waals surface area contributed by atoms with Crippen molar-refractivity contribution in [1.82, 2.24) is 5.32 Å². The second-order valence-electron chi connectivity index (χ2n) is 6.18. The molecule has 112 valence electrons. The predicted octanol–water partition coefficient (Wildman–Crippen LogP) is 4.85. The third kappa shape index (κ3) is 3.75. The van der Waals surface area contributed by atoms with Crippen molar-refractivity contribution >= 4 is 11.3 Å². The Morgan fingerprint density at radius 2 is 2.00 bits per heavy atom. The highest BCUT2D eigenvalue weighted by atomic mass is 32.1. The fraction of sp³-hybridized carbons (Fsp3) is 0.474. The van der Waals surface area contributed by atoms with E-state index in [0.717, 1.165) is 18.4 Å². The van der Waals surface area contributed by atoms with Crippen LogP contribution in [0.5, 0.6) is 0 Å². The van der Waals surface area contributed by atoms with Crippen molar-refractivity contribution in [2.24, 2.45) is 5.92 Å². The Morgan fingerprint density at radius 3 is 2.71 bits per heavy atom. The number of benzene rings is 1. The van der Waals surface area contributed by atoms with E-state index in [1.165, 1.54) is 36.8 Å². The zero-order chi connectivity index (χ0) is 14.5. The molecule has 0 spiro atoms. The van der Waals surface area contributed by atoms with Crippen LogP contribution in [0.15, 0.2) is 47.2 Å². The summed E-state index contributed by atoms with van der Waals surface area (Å²) in [5, 5.41) is 8.24. The van der Waals surface area contributed by atoms with Gasteiger partial charge in [0.2, 0.25) is 0 Å². The monoisotopic (exact) mass is 299 g/mol. The molecule has 1 aromatic carbocycles. The van der Waals surface area contributed by atoms with Crippen molar-refractivity contribution in [1.29, 1.82) is 0 Å². The molecule has 0 aliphatic heterocycles. The molecular weight excluding hydrogens is 274 g/mol. The van der Waals surface area contributed by atoms with E-state index in [1.54, 1.807) is 0 Å². The van der Waals surface area contributed by atoms with Crippen molar-refractivity contribution in [3.05, 3.63) is 58.3 Å². The van der Waals surface area contributed by atoms with Gasteiger partial charge in [-0.15, -0.1) is 0 Å². The van der Waals surface area contributed by atoms with E-state index in [2.05, 4.69) is 59.4 Å². The fourth-order valence-corrected chi connectivity index (χ4v) is 4.44. The summed E-state index contributed by atoms with van der Waals surface area (Å²) in [6, 6.07) is 14.1. The summed E-state index contributed by atoms with van der Waals surface area (Å²) in [6.07, 6.45) is 5.17. The second-order valence-corrected chi connectivity index (χ2v) is 6.96. The van der Waals surface area contributed by atoms with Crippen molar-refractivity contribution in [3.63, 3.8) is 0 Å². The second kappa shape index (κ2) is 7.24. The van der Waals surface area contributed by atoms with Gasteiger partial charge in [-0.1, -0.05) is 37.3 Å². The zero-order valence-electron chi connectivity index (χ0n) is 12.8. The van der Waals surface area contributed by atoms with Crippen LogP contribution >= 0.6 is 11.3 Å². The maximum Gasteiger partial charge on any atom is 0.00988 e. The lowest BCUT2D eigenvalue weighted by Gasteiger charge is -2.37. The third-order valence-corrected chi connectivity index (χ3v) is 5.53. The minimum absolute atomic E-state index is 0.690. The number of hydrogen-bond acceptors (Lipinski definition) is 2. The first kappa shape index (κ1) is 14.8. The van der Waals surface area contributed by atoms with Crippen LogP contribution in [0.2, 0.25) is 0 Å². The van der Waals surface area contributed by atoms with Crippen LogP contribution in [-0.2, 0) is 6.42 Å². The Morgan fingerprint density at radius 1 is 1.14 bits per heavy atom. The molecule has 1 nitrogen and oxygen atoms in total. The van der Waals surface area contributed by atoms with E-state index in [-0.39, 0.29) is 0 Å². The summed E-state index contributed by atoms with van der Waals surface area (Å²) < 4.78 is 0. The molecule has 0 bridgehead atoms. The van der Waals surface area contributed by atoms with E-state index in [0.29, 0.717) is 6.04 Å². The predicted molar refractivity (Wildman–Crippen MR) is 92.0 cm³/mol. The van der Waals surface area contributed by atoms with Gasteiger partial charge in [0, 0.05) is 6.04 Å². The van der Waals surface area contributed by atoms with E-state index < -0.39 is 0 Å². The van der Waals surface area contributed by atoms with E-state index in [1.807, 2.05) is 11.3 Å². The van der Waals surface area contributed by atoms with Crippen LogP contribution in [-0.4, -0.2) is 12.6 Å². The molecule has 0 radical (unpaired) electrons. The smallest absolute Gasteiger partial charge is 0.00988 e. The molecule has 2 aromatic rings. The lowest BCUT2D eigenvalue weighted by atomic mass is 9.73. The molecule has 1 saturated carbocycles. The summed E-state index contributed by atoms with van der Waals surface area (Å²) in [7, 11) is 0. The zero-order valence-corrected chi connectivity index (χ0v) is 13.6. The molecule has 1 aliphatic rings. The van der Waals surface area contributed by atoms with Crippen LogP contribution in [0.25, 0.3) is 0 Å². The number of rotatable bonds is 5. The van der Waals surface area contributed by atoms with Gasteiger partial charge in [-0.05, 0) is 72.0 Å². The van der Waals surface area contributed by atoms with Crippen LogP contribution in [0.3, 0.4) is 0 Å². The Hall–Kier alpha value is -1.12. The molecule has 1 aromatic heterocycles.